The normalized spacial score (nSPS) is 20.4. The van der Waals surface area contributed by atoms with Gasteiger partial charge in [0.1, 0.15) is 0 Å². The molecule has 1 saturated heterocycles. The Morgan fingerprint density at radius 2 is 2.15 bits per heavy atom. The predicted octanol–water partition coefficient (Wildman–Crippen LogP) is 1.59. The Morgan fingerprint density at radius 1 is 1.45 bits per heavy atom. The number of hydrogen-bond donors (Lipinski definition) is 1. The number of pyridine rings is 1. The van der Waals surface area contributed by atoms with Gasteiger partial charge in [-0.2, -0.15) is 4.31 Å². The van der Waals surface area contributed by atoms with Crippen molar-refractivity contribution in [2.24, 2.45) is 5.92 Å². The van der Waals surface area contributed by atoms with E-state index >= 15 is 0 Å². The molecular formula is C13H18N2O4S. The van der Waals surface area contributed by atoms with Crippen LogP contribution in [0.3, 0.4) is 0 Å². The van der Waals surface area contributed by atoms with Gasteiger partial charge in [-0.1, -0.05) is 13.8 Å². The van der Waals surface area contributed by atoms with Crippen molar-refractivity contribution in [1.82, 2.24) is 9.29 Å². The highest BCUT2D eigenvalue weighted by molar-refractivity contribution is 7.89. The van der Waals surface area contributed by atoms with Crippen LogP contribution in [0, 0.1) is 5.92 Å². The zero-order valence-corrected chi connectivity index (χ0v) is 12.3. The third-order valence-corrected chi connectivity index (χ3v) is 5.42. The topological polar surface area (TPSA) is 87.6 Å². The molecule has 2 heterocycles. The van der Waals surface area contributed by atoms with Crippen molar-refractivity contribution >= 4 is 16.0 Å². The molecule has 1 aliphatic rings. The average molecular weight is 298 g/mol. The van der Waals surface area contributed by atoms with Crippen LogP contribution in [-0.4, -0.2) is 41.4 Å². The van der Waals surface area contributed by atoms with Crippen molar-refractivity contribution in [2.45, 2.75) is 37.8 Å². The summed E-state index contributed by atoms with van der Waals surface area (Å²) >= 11 is 0. The molecule has 20 heavy (non-hydrogen) atoms. The van der Waals surface area contributed by atoms with E-state index in [0.717, 1.165) is 19.0 Å². The lowest BCUT2D eigenvalue weighted by Gasteiger charge is -2.26. The summed E-state index contributed by atoms with van der Waals surface area (Å²) < 4.78 is 26.6. The Morgan fingerprint density at radius 3 is 2.65 bits per heavy atom. The maximum absolute atomic E-state index is 12.5. The molecule has 2 rings (SSSR count). The number of rotatable bonds is 4. The quantitative estimate of drug-likeness (QED) is 0.912. The molecule has 1 unspecified atom stereocenters. The molecule has 0 radical (unpaired) electrons. The van der Waals surface area contributed by atoms with Crippen molar-refractivity contribution in [2.75, 3.05) is 6.54 Å². The third-order valence-electron chi connectivity index (χ3n) is 3.57. The number of sulfonamides is 1. The molecule has 0 saturated carbocycles. The van der Waals surface area contributed by atoms with Crippen LogP contribution in [0.5, 0.6) is 0 Å². The lowest BCUT2D eigenvalue weighted by Crippen LogP contribution is -2.38. The molecular weight excluding hydrogens is 280 g/mol. The number of carboxylic acid groups (broad SMARTS) is 1. The molecule has 1 fully saturated rings. The van der Waals surface area contributed by atoms with Crippen LogP contribution in [0.25, 0.3) is 0 Å². The van der Waals surface area contributed by atoms with Crippen molar-refractivity contribution in [3.05, 3.63) is 23.9 Å². The van der Waals surface area contributed by atoms with E-state index in [1.165, 1.54) is 16.4 Å². The Labute approximate surface area is 118 Å². The van der Waals surface area contributed by atoms with E-state index in [1.54, 1.807) is 0 Å². The first-order valence-corrected chi connectivity index (χ1v) is 7.99. The minimum absolute atomic E-state index is 0.0130. The van der Waals surface area contributed by atoms with E-state index in [1.807, 2.05) is 13.8 Å². The summed E-state index contributed by atoms with van der Waals surface area (Å²) in [5.74, 6) is -0.881. The fraction of sp³-hybridized carbons (Fsp3) is 0.538. The summed E-state index contributed by atoms with van der Waals surface area (Å²) in [5, 5.41) is 8.72. The first-order chi connectivity index (χ1) is 9.34. The monoisotopic (exact) mass is 298 g/mol. The number of aromatic nitrogens is 1. The van der Waals surface area contributed by atoms with Crippen LogP contribution in [0.2, 0.25) is 0 Å². The van der Waals surface area contributed by atoms with E-state index in [9.17, 15) is 13.2 Å². The van der Waals surface area contributed by atoms with Gasteiger partial charge in [-0.3, -0.25) is 0 Å². The Balaban J connectivity index is 2.32. The standard InChI is InChI=1S/C13H18N2O4S/c1-9(2)11-4-3-7-15(11)20(18,19)12-6-5-10(8-14-12)13(16)17/h5-6,8-9,11H,3-4,7H2,1-2H3,(H,16,17). The summed E-state index contributed by atoms with van der Waals surface area (Å²) in [6, 6.07) is 2.51. The second kappa shape index (κ2) is 5.49. The lowest BCUT2D eigenvalue weighted by atomic mass is 10.0. The molecule has 0 aliphatic carbocycles. The Hall–Kier alpha value is -1.47. The Bertz CT molecular complexity index is 595. The molecule has 1 aliphatic heterocycles. The van der Waals surface area contributed by atoms with Gasteiger partial charge in [0.15, 0.2) is 5.03 Å². The first kappa shape index (κ1) is 14.9. The van der Waals surface area contributed by atoms with Gasteiger partial charge in [0.2, 0.25) is 0 Å². The average Bonchev–Trinajstić information content (AvgIpc) is 2.89. The highest BCUT2D eigenvalue weighted by Crippen LogP contribution is 2.29. The summed E-state index contributed by atoms with van der Waals surface area (Å²) in [6.07, 6.45) is 2.77. The summed E-state index contributed by atoms with van der Waals surface area (Å²) in [5.41, 5.74) is -0.0224. The fourth-order valence-corrected chi connectivity index (χ4v) is 4.25. The molecule has 6 nitrogen and oxygen atoms in total. The lowest BCUT2D eigenvalue weighted by molar-refractivity contribution is 0.0696. The van der Waals surface area contributed by atoms with E-state index < -0.39 is 16.0 Å². The van der Waals surface area contributed by atoms with Crippen LogP contribution in [0.1, 0.15) is 37.0 Å². The largest absolute Gasteiger partial charge is 0.478 e. The third kappa shape index (κ3) is 2.69. The number of aromatic carboxylic acids is 1. The molecule has 1 aromatic rings. The molecule has 0 spiro atoms. The van der Waals surface area contributed by atoms with Crippen LogP contribution >= 0.6 is 0 Å². The highest BCUT2D eigenvalue weighted by atomic mass is 32.2. The maximum atomic E-state index is 12.5. The van der Waals surface area contributed by atoms with Crippen molar-refractivity contribution < 1.29 is 18.3 Å². The van der Waals surface area contributed by atoms with Crippen LogP contribution in [-0.2, 0) is 10.0 Å². The van der Waals surface area contributed by atoms with Gasteiger partial charge in [0, 0.05) is 18.8 Å². The van der Waals surface area contributed by atoms with Crippen LogP contribution in [0.4, 0.5) is 0 Å². The van der Waals surface area contributed by atoms with Crippen molar-refractivity contribution in [3.8, 4) is 0 Å². The predicted molar refractivity (Wildman–Crippen MR) is 72.9 cm³/mol. The smallest absolute Gasteiger partial charge is 0.337 e. The van der Waals surface area contributed by atoms with E-state index in [-0.39, 0.29) is 22.5 Å². The zero-order valence-electron chi connectivity index (χ0n) is 11.5. The summed E-state index contributed by atoms with van der Waals surface area (Å²) in [4.78, 5) is 14.6. The Kier molecular flexibility index (Phi) is 4.10. The molecule has 1 aromatic heterocycles. The highest BCUT2D eigenvalue weighted by Gasteiger charge is 2.37. The van der Waals surface area contributed by atoms with Crippen LogP contribution in [0.15, 0.2) is 23.4 Å². The van der Waals surface area contributed by atoms with E-state index in [0.29, 0.717) is 6.54 Å². The van der Waals surface area contributed by atoms with Gasteiger partial charge in [-0.25, -0.2) is 18.2 Å². The molecule has 110 valence electrons. The zero-order chi connectivity index (χ0) is 14.9. The fourth-order valence-electron chi connectivity index (χ4n) is 2.51. The molecule has 0 aromatic carbocycles. The van der Waals surface area contributed by atoms with Crippen LogP contribution < -0.4 is 0 Å². The maximum Gasteiger partial charge on any atom is 0.337 e. The second-order valence-corrected chi connectivity index (χ2v) is 7.10. The molecule has 1 atom stereocenters. The van der Waals surface area contributed by atoms with Gasteiger partial charge in [0.05, 0.1) is 5.56 Å². The van der Waals surface area contributed by atoms with Crippen molar-refractivity contribution in [3.63, 3.8) is 0 Å². The first-order valence-electron chi connectivity index (χ1n) is 6.55. The van der Waals surface area contributed by atoms with Gasteiger partial charge in [-0.05, 0) is 30.9 Å². The minimum Gasteiger partial charge on any atom is -0.478 e. The molecule has 0 bridgehead atoms. The van der Waals surface area contributed by atoms with Gasteiger partial charge >= 0.3 is 5.97 Å². The second-order valence-electron chi connectivity index (χ2n) is 5.26. The number of nitrogens with zero attached hydrogens (tertiary/aromatic N) is 2. The molecule has 7 heteroatoms. The SMILES string of the molecule is CC(C)C1CCCN1S(=O)(=O)c1ccc(C(=O)O)cn1. The minimum atomic E-state index is -3.65. The molecule has 1 N–H and O–H groups in total. The number of hydrogen-bond acceptors (Lipinski definition) is 4. The summed E-state index contributed by atoms with van der Waals surface area (Å²) in [7, 11) is -3.65. The van der Waals surface area contributed by atoms with E-state index in [2.05, 4.69) is 4.98 Å². The van der Waals surface area contributed by atoms with Gasteiger partial charge in [0.25, 0.3) is 10.0 Å². The summed E-state index contributed by atoms with van der Waals surface area (Å²) in [6.45, 7) is 4.49. The number of carbonyl (C=O) groups is 1. The number of carboxylic acids is 1. The van der Waals surface area contributed by atoms with Gasteiger partial charge in [-0.15, -0.1) is 0 Å². The van der Waals surface area contributed by atoms with Gasteiger partial charge < -0.3 is 5.11 Å². The van der Waals surface area contributed by atoms with Crippen molar-refractivity contribution in [1.29, 1.82) is 0 Å². The molecule has 0 amide bonds. The van der Waals surface area contributed by atoms with E-state index in [4.69, 9.17) is 5.11 Å².